The Morgan fingerprint density at radius 3 is 2.59 bits per heavy atom. The van der Waals surface area contributed by atoms with Crippen molar-refractivity contribution in [3.05, 3.63) is 78.5 Å². The SMILES string of the molecule is CC(CNC(=O)c1occc1-c1ccccc1)c1nc2ccccc2n1C(F)F. The average molecular weight is 395 g/mol. The second kappa shape index (κ2) is 7.87. The van der Waals surface area contributed by atoms with Crippen LogP contribution in [0.1, 0.15) is 35.8 Å². The maximum atomic E-state index is 13.6. The van der Waals surface area contributed by atoms with Gasteiger partial charge in [0.1, 0.15) is 5.82 Å². The highest BCUT2D eigenvalue weighted by atomic mass is 19.3. The molecule has 2 aromatic heterocycles. The molecule has 1 unspecified atom stereocenters. The summed E-state index contributed by atoms with van der Waals surface area (Å²) in [5, 5.41) is 2.77. The number of nitrogens with zero attached hydrogens (tertiary/aromatic N) is 2. The largest absolute Gasteiger partial charge is 0.459 e. The molecule has 1 N–H and O–H groups in total. The molecule has 0 spiro atoms. The van der Waals surface area contributed by atoms with Gasteiger partial charge in [0.2, 0.25) is 0 Å². The smallest absolute Gasteiger partial charge is 0.320 e. The lowest BCUT2D eigenvalue weighted by atomic mass is 10.1. The number of fused-ring (bicyclic) bond motifs is 1. The molecule has 2 heterocycles. The van der Waals surface area contributed by atoms with Gasteiger partial charge in [-0.2, -0.15) is 8.78 Å². The van der Waals surface area contributed by atoms with E-state index in [2.05, 4.69) is 10.3 Å². The van der Waals surface area contributed by atoms with Crippen LogP contribution in [-0.2, 0) is 0 Å². The molecule has 0 saturated heterocycles. The number of benzene rings is 2. The number of imidazole rings is 1. The van der Waals surface area contributed by atoms with E-state index in [9.17, 15) is 13.6 Å². The van der Waals surface area contributed by atoms with Crippen molar-refractivity contribution in [3.63, 3.8) is 0 Å². The first-order valence-corrected chi connectivity index (χ1v) is 9.22. The van der Waals surface area contributed by atoms with Crippen LogP contribution in [0.4, 0.5) is 8.78 Å². The molecule has 0 bridgehead atoms. The van der Waals surface area contributed by atoms with Gasteiger partial charge in [0, 0.05) is 18.0 Å². The third-order valence-electron chi connectivity index (χ3n) is 4.78. The van der Waals surface area contributed by atoms with E-state index in [1.54, 1.807) is 37.3 Å². The predicted molar refractivity (Wildman–Crippen MR) is 106 cm³/mol. The number of aromatic nitrogens is 2. The molecule has 1 amide bonds. The number of nitrogens with one attached hydrogen (secondary N) is 1. The number of carbonyl (C=O) groups is 1. The summed E-state index contributed by atoms with van der Waals surface area (Å²) in [6, 6.07) is 17.9. The Morgan fingerprint density at radius 2 is 1.83 bits per heavy atom. The van der Waals surface area contributed by atoms with E-state index in [1.165, 1.54) is 6.26 Å². The minimum absolute atomic E-state index is 0.143. The first-order valence-electron chi connectivity index (χ1n) is 9.22. The highest BCUT2D eigenvalue weighted by Gasteiger charge is 2.23. The van der Waals surface area contributed by atoms with Gasteiger partial charge in [-0.15, -0.1) is 0 Å². The molecule has 0 saturated carbocycles. The third kappa shape index (κ3) is 3.63. The highest BCUT2D eigenvalue weighted by molar-refractivity contribution is 5.98. The normalized spacial score (nSPS) is 12.4. The van der Waals surface area contributed by atoms with Crippen LogP contribution in [0.5, 0.6) is 0 Å². The summed E-state index contributed by atoms with van der Waals surface area (Å²) in [7, 11) is 0. The van der Waals surface area contributed by atoms with Gasteiger partial charge in [-0.25, -0.2) is 4.98 Å². The number of halogens is 2. The second-order valence-electron chi connectivity index (χ2n) is 6.75. The Kier molecular flexibility index (Phi) is 5.12. The fourth-order valence-electron chi connectivity index (χ4n) is 3.36. The molecular weight excluding hydrogens is 376 g/mol. The van der Waals surface area contributed by atoms with Gasteiger partial charge >= 0.3 is 6.55 Å². The Hall–Kier alpha value is -3.48. The van der Waals surface area contributed by atoms with Crippen molar-refractivity contribution < 1.29 is 18.0 Å². The molecule has 0 fully saturated rings. The van der Waals surface area contributed by atoms with Crippen molar-refractivity contribution in [2.75, 3.05) is 6.54 Å². The summed E-state index contributed by atoms with van der Waals surface area (Å²) >= 11 is 0. The van der Waals surface area contributed by atoms with Crippen LogP contribution in [0.2, 0.25) is 0 Å². The fourth-order valence-corrected chi connectivity index (χ4v) is 3.36. The van der Waals surface area contributed by atoms with Crippen LogP contribution in [0, 0.1) is 0 Å². The summed E-state index contributed by atoms with van der Waals surface area (Å²) in [5.41, 5.74) is 2.40. The van der Waals surface area contributed by atoms with E-state index in [4.69, 9.17) is 4.42 Å². The van der Waals surface area contributed by atoms with E-state index in [0.29, 0.717) is 16.6 Å². The summed E-state index contributed by atoms with van der Waals surface area (Å²) in [5.74, 6) is -0.411. The van der Waals surface area contributed by atoms with E-state index in [0.717, 1.165) is 10.1 Å². The number of amides is 1. The summed E-state index contributed by atoms with van der Waals surface area (Å²) in [6.45, 7) is -0.824. The molecule has 5 nitrogen and oxygen atoms in total. The quantitative estimate of drug-likeness (QED) is 0.487. The molecule has 7 heteroatoms. The molecule has 0 radical (unpaired) electrons. The van der Waals surface area contributed by atoms with Crippen molar-refractivity contribution in [1.29, 1.82) is 0 Å². The highest BCUT2D eigenvalue weighted by Crippen LogP contribution is 2.28. The zero-order chi connectivity index (χ0) is 20.4. The van der Waals surface area contributed by atoms with Gasteiger partial charge in [0.05, 0.1) is 17.3 Å². The van der Waals surface area contributed by atoms with Gasteiger partial charge in [0.15, 0.2) is 5.76 Å². The maximum Gasteiger partial charge on any atom is 0.320 e. The molecule has 148 valence electrons. The predicted octanol–water partition coefficient (Wildman–Crippen LogP) is 5.22. The number of rotatable bonds is 6. The van der Waals surface area contributed by atoms with Gasteiger partial charge in [0.25, 0.3) is 5.91 Å². The molecular formula is C22H19F2N3O2. The van der Waals surface area contributed by atoms with E-state index >= 15 is 0 Å². The van der Waals surface area contributed by atoms with E-state index < -0.39 is 18.4 Å². The number of hydrogen-bond donors (Lipinski definition) is 1. The van der Waals surface area contributed by atoms with Gasteiger partial charge < -0.3 is 9.73 Å². The molecule has 1 atom stereocenters. The van der Waals surface area contributed by atoms with Crippen molar-refractivity contribution in [2.24, 2.45) is 0 Å². The van der Waals surface area contributed by atoms with Crippen LogP contribution in [0.3, 0.4) is 0 Å². The lowest BCUT2D eigenvalue weighted by molar-refractivity contribution is 0.0703. The van der Waals surface area contributed by atoms with Crippen LogP contribution >= 0.6 is 0 Å². The van der Waals surface area contributed by atoms with Gasteiger partial charge in [-0.1, -0.05) is 49.4 Å². The van der Waals surface area contributed by atoms with Crippen LogP contribution in [0.25, 0.3) is 22.2 Å². The fraction of sp³-hybridized carbons (Fsp3) is 0.182. The van der Waals surface area contributed by atoms with Crippen LogP contribution in [-0.4, -0.2) is 22.0 Å². The molecule has 0 aliphatic rings. The minimum Gasteiger partial charge on any atom is -0.459 e. The Balaban J connectivity index is 1.53. The number of carbonyl (C=O) groups excluding carboxylic acids is 1. The topological polar surface area (TPSA) is 60.1 Å². The zero-order valence-corrected chi connectivity index (χ0v) is 15.7. The second-order valence-corrected chi connectivity index (χ2v) is 6.75. The maximum absolute atomic E-state index is 13.6. The number of alkyl halides is 2. The summed E-state index contributed by atoms with van der Waals surface area (Å²) < 4.78 is 33.6. The molecule has 0 aliphatic heterocycles. The van der Waals surface area contributed by atoms with Gasteiger partial charge in [-0.05, 0) is 23.8 Å². The molecule has 4 aromatic rings. The summed E-state index contributed by atoms with van der Waals surface area (Å²) in [4.78, 5) is 17.0. The molecule has 0 aliphatic carbocycles. The third-order valence-corrected chi connectivity index (χ3v) is 4.78. The average Bonchev–Trinajstić information content (AvgIpc) is 3.37. The lowest BCUT2D eigenvalue weighted by Crippen LogP contribution is -2.28. The van der Waals surface area contributed by atoms with Crippen molar-refractivity contribution >= 4 is 16.9 Å². The number of furan rings is 1. The van der Waals surface area contributed by atoms with Crippen molar-refractivity contribution in [1.82, 2.24) is 14.9 Å². The number of hydrogen-bond acceptors (Lipinski definition) is 3. The van der Waals surface area contributed by atoms with Crippen LogP contribution < -0.4 is 5.32 Å². The monoisotopic (exact) mass is 395 g/mol. The van der Waals surface area contributed by atoms with E-state index in [1.807, 2.05) is 30.3 Å². The zero-order valence-electron chi connectivity index (χ0n) is 15.7. The summed E-state index contributed by atoms with van der Waals surface area (Å²) in [6.07, 6.45) is 1.46. The first kappa shape index (κ1) is 18.9. The molecule has 4 rings (SSSR count). The van der Waals surface area contributed by atoms with Crippen molar-refractivity contribution in [3.8, 4) is 11.1 Å². The molecule has 2 aromatic carbocycles. The van der Waals surface area contributed by atoms with E-state index in [-0.39, 0.29) is 18.1 Å². The number of para-hydroxylation sites is 2. The van der Waals surface area contributed by atoms with Crippen LogP contribution in [0.15, 0.2) is 71.3 Å². The minimum atomic E-state index is -2.72. The molecule has 29 heavy (non-hydrogen) atoms. The Morgan fingerprint density at radius 1 is 1.10 bits per heavy atom. The lowest BCUT2D eigenvalue weighted by Gasteiger charge is -2.15. The van der Waals surface area contributed by atoms with Crippen molar-refractivity contribution in [2.45, 2.75) is 19.4 Å². The first-order chi connectivity index (χ1) is 14.1. The van der Waals surface area contributed by atoms with Gasteiger partial charge in [-0.3, -0.25) is 9.36 Å². The standard InChI is InChI=1S/C22H19F2N3O2/c1-14(20-26-17-9-5-6-10-18(17)27(20)22(23)24)13-25-21(28)19-16(11-12-29-19)15-7-3-2-4-8-15/h2-12,14,22H,13H2,1H3,(H,25,28). The Bertz CT molecular complexity index is 1140. The Labute approximate surface area is 166 Å².